The Kier molecular flexibility index (Phi) is 7.00. The summed E-state index contributed by atoms with van der Waals surface area (Å²) in [6.07, 6.45) is 2.54. The summed E-state index contributed by atoms with van der Waals surface area (Å²) in [4.78, 5) is 22.0. The van der Waals surface area contributed by atoms with E-state index in [9.17, 15) is 9.59 Å². The number of carbonyl (C=O) groups is 2. The van der Waals surface area contributed by atoms with Crippen LogP contribution >= 0.6 is 11.8 Å². The smallest absolute Gasteiger partial charge is 0.312 e. The largest absolute Gasteiger partial charge is 0.355 e. The number of amides is 3. The van der Waals surface area contributed by atoms with Crippen LogP contribution in [0.1, 0.15) is 13.3 Å². The predicted molar refractivity (Wildman–Crippen MR) is 58.2 cm³/mol. The number of likely N-dealkylation sites (N-methyl/N-ethyl adjacent to an activating group) is 1. The molecule has 0 aromatic heterocycles. The van der Waals surface area contributed by atoms with Crippen molar-refractivity contribution in [3.05, 3.63) is 0 Å². The number of thioether (sulfide) groups is 1. The van der Waals surface area contributed by atoms with Crippen LogP contribution in [0.4, 0.5) is 4.79 Å². The van der Waals surface area contributed by atoms with Crippen molar-refractivity contribution < 1.29 is 9.59 Å². The summed E-state index contributed by atoms with van der Waals surface area (Å²) >= 11 is 1.62. The minimum atomic E-state index is -0.664. The Morgan fingerprint density at radius 1 is 1.50 bits per heavy atom. The fraction of sp³-hybridized carbons (Fsp3) is 0.750. The molecule has 0 aliphatic heterocycles. The first-order chi connectivity index (χ1) is 6.61. The van der Waals surface area contributed by atoms with Crippen LogP contribution in [0.5, 0.6) is 0 Å². The van der Waals surface area contributed by atoms with E-state index >= 15 is 0 Å². The normalized spacial score (nSPS) is 11.9. The molecule has 5 nitrogen and oxygen atoms in total. The van der Waals surface area contributed by atoms with E-state index in [1.165, 1.54) is 0 Å². The van der Waals surface area contributed by atoms with Crippen LogP contribution in [0, 0.1) is 0 Å². The fourth-order valence-electron chi connectivity index (χ4n) is 0.974. The molecule has 0 saturated heterocycles. The zero-order valence-electron chi connectivity index (χ0n) is 8.50. The first-order valence-electron chi connectivity index (χ1n) is 4.44. The Bertz CT molecular complexity index is 199. The van der Waals surface area contributed by atoms with E-state index in [0.717, 1.165) is 5.75 Å². The van der Waals surface area contributed by atoms with E-state index in [-0.39, 0.29) is 5.91 Å². The van der Waals surface area contributed by atoms with E-state index in [0.29, 0.717) is 13.0 Å². The molecule has 1 unspecified atom stereocenters. The summed E-state index contributed by atoms with van der Waals surface area (Å²) in [7, 11) is 0. The molecule has 82 valence electrons. The molecule has 0 saturated carbocycles. The number of carbonyl (C=O) groups excluding carboxylic acids is 2. The molecule has 0 bridgehead atoms. The fourth-order valence-corrected chi connectivity index (χ4v) is 1.45. The second-order valence-corrected chi connectivity index (χ2v) is 3.72. The number of urea groups is 1. The van der Waals surface area contributed by atoms with Gasteiger partial charge in [-0.05, 0) is 25.4 Å². The van der Waals surface area contributed by atoms with E-state index in [1.807, 2.05) is 13.2 Å². The zero-order valence-corrected chi connectivity index (χ0v) is 9.32. The minimum Gasteiger partial charge on any atom is -0.355 e. The standard InChI is InChI=1S/C8H17N3O2S/c1-3-10-7(12)6(4-5-14-2)11-8(9)13/h6H,3-5H2,1-2H3,(H,10,12)(H3,9,11,13). The molecule has 0 aromatic rings. The third-order valence-electron chi connectivity index (χ3n) is 1.59. The lowest BCUT2D eigenvalue weighted by Crippen LogP contribution is -2.48. The Morgan fingerprint density at radius 2 is 2.14 bits per heavy atom. The lowest BCUT2D eigenvalue weighted by molar-refractivity contribution is -0.122. The van der Waals surface area contributed by atoms with Gasteiger partial charge in [0.1, 0.15) is 6.04 Å². The van der Waals surface area contributed by atoms with Crippen molar-refractivity contribution in [2.24, 2.45) is 5.73 Å². The van der Waals surface area contributed by atoms with Crippen molar-refractivity contribution >= 4 is 23.7 Å². The second-order valence-electron chi connectivity index (χ2n) is 2.74. The SMILES string of the molecule is CCNC(=O)C(CCSC)NC(N)=O. The summed E-state index contributed by atoms with van der Waals surface area (Å²) in [6, 6.07) is -1.18. The average Bonchev–Trinajstić information content (AvgIpc) is 2.12. The predicted octanol–water partition coefficient (Wildman–Crippen LogP) is -0.0875. The first-order valence-corrected chi connectivity index (χ1v) is 5.83. The zero-order chi connectivity index (χ0) is 11.0. The monoisotopic (exact) mass is 219 g/mol. The lowest BCUT2D eigenvalue weighted by atomic mass is 10.2. The van der Waals surface area contributed by atoms with Gasteiger partial charge in [0.2, 0.25) is 5.91 Å². The summed E-state index contributed by atoms with van der Waals surface area (Å²) < 4.78 is 0. The average molecular weight is 219 g/mol. The number of primary amides is 1. The van der Waals surface area contributed by atoms with Crippen molar-refractivity contribution in [3.63, 3.8) is 0 Å². The molecule has 0 aliphatic carbocycles. The van der Waals surface area contributed by atoms with Gasteiger partial charge in [-0.25, -0.2) is 4.79 Å². The van der Waals surface area contributed by atoms with E-state index in [2.05, 4.69) is 10.6 Å². The maximum Gasteiger partial charge on any atom is 0.312 e. The summed E-state index contributed by atoms with van der Waals surface area (Å²) in [5.41, 5.74) is 4.96. The molecule has 0 spiro atoms. The van der Waals surface area contributed by atoms with Gasteiger partial charge in [-0.1, -0.05) is 0 Å². The molecule has 14 heavy (non-hydrogen) atoms. The van der Waals surface area contributed by atoms with Gasteiger partial charge in [0.15, 0.2) is 0 Å². The van der Waals surface area contributed by atoms with E-state index < -0.39 is 12.1 Å². The molecule has 1 atom stereocenters. The Balaban J connectivity index is 4.08. The Labute approximate surface area is 88.2 Å². The molecule has 6 heteroatoms. The molecule has 0 heterocycles. The van der Waals surface area contributed by atoms with Crippen LogP contribution in [-0.4, -0.2) is 36.5 Å². The molecular weight excluding hydrogens is 202 g/mol. The van der Waals surface area contributed by atoms with Gasteiger partial charge in [0.25, 0.3) is 0 Å². The van der Waals surface area contributed by atoms with Gasteiger partial charge >= 0.3 is 6.03 Å². The molecule has 0 fully saturated rings. The van der Waals surface area contributed by atoms with Crippen LogP contribution < -0.4 is 16.4 Å². The quantitative estimate of drug-likeness (QED) is 0.584. The van der Waals surface area contributed by atoms with Crippen LogP contribution in [0.3, 0.4) is 0 Å². The van der Waals surface area contributed by atoms with Crippen LogP contribution in [-0.2, 0) is 4.79 Å². The molecular formula is C8H17N3O2S. The molecule has 0 aliphatic rings. The number of rotatable bonds is 6. The van der Waals surface area contributed by atoms with E-state index in [1.54, 1.807) is 11.8 Å². The number of nitrogens with two attached hydrogens (primary N) is 1. The molecule has 0 radical (unpaired) electrons. The highest BCUT2D eigenvalue weighted by atomic mass is 32.2. The molecule has 4 N–H and O–H groups in total. The van der Waals surface area contributed by atoms with Gasteiger partial charge in [-0.15, -0.1) is 0 Å². The van der Waals surface area contributed by atoms with Crippen LogP contribution in [0.25, 0.3) is 0 Å². The Morgan fingerprint density at radius 3 is 2.57 bits per heavy atom. The van der Waals surface area contributed by atoms with Crippen molar-refractivity contribution in [1.82, 2.24) is 10.6 Å². The van der Waals surface area contributed by atoms with Crippen LogP contribution in [0.15, 0.2) is 0 Å². The van der Waals surface area contributed by atoms with Gasteiger partial charge < -0.3 is 16.4 Å². The molecule has 0 rings (SSSR count). The van der Waals surface area contributed by atoms with E-state index in [4.69, 9.17) is 5.73 Å². The van der Waals surface area contributed by atoms with Crippen molar-refractivity contribution in [2.45, 2.75) is 19.4 Å². The lowest BCUT2D eigenvalue weighted by Gasteiger charge is -2.15. The highest BCUT2D eigenvalue weighted by Gasteiger charge is 2.17. The highest BCUT2D eigenvalue weighted by molar-refractivity contribution is 7.98. The third kappa shape index (κ3) is 5.69. The Hall–Kier alpha value is -0.910. The van der Waals surface area contributed by atoms with Gasteiger partial charge in [0, 0.05) is 6.54 Å². The molecule has 3 amide bonds. The second kappa shape index (κ2) is 7.49. The topological polar surface area (TPSA) is 84.2 Å². The van der Waals surface area contributed by atoms with Gasteiger partial charge in [0.05, 0.1) is 0 Å². The maximum absolute atomic E-state index is 11.4. The number of hydrogen-bond donors (Lipinski definition) is 3. The summed E-state index contributed by atoms with van der Waals surface area (Å²) in [5.74, 6) is 0.627. The highest BCUT2D eigenvalue weighted by Crippen LogP contribution is 2.00. The summed E-state index contributed by atoms with van der Waals surface area (Å²) in [6.45, 7) is 2.38. The minimum absolute atomic E-state index is 0.180. The number of hydrogen-bond acceptors (Lipinski definition) is 3. The molecule has 0 aromatic carbocycles. The van der Waals surface area contributed by atoms with Crippen molar-refractivity contribution in [2.75, 3.05) is 18.6 Å². The summed E-state index contributed by atoms with van der Waals surface area (Å²) in [5, 5.41) is 5.05. The third-order valence-corrected chi connectivity index (χ3v) is 2.24. The number of nitrogens with one attached hydrogen (secondary N) is 2. The van der Waals surface area contributed by atoms with Crippen LogP contribution in [0.2, 0.25) is 0 Å². The first kappa shape index (κ1) is 13.1. The van der Waals surface area contributed by atoms with Crippen molar-refractivity contribution in [3.8, 4) is 0 Å². The van der Waals surface area contributed by atoms with Gasteiger partial charge in [-0.2, -0.15) is 11.8 Å². The maximum atomic E-state index is 11.4. The van der Waals surface area contributed by atoms with Crippen molar-refractivity contribution in [1.29, 1.82) is 0 Å². The van der Waals surface area contributed by atoms with Gasteiger partial charge in [-0.3, -0.25) is 4.79 Å².